The SMILES string of the molecule is CCCCOCCCNC(=NC)NCc1ccc(Cl)cc1.I. The van der Waals surface area contributed by atoms with Crippen molar-refractivity contribution < 1.29 is 4.74 Å². The summed E-state index contributed by atoms with van der Waals surface area (Å²) in [6.45, 7) is 5.40. The van der Waals surface area contributed by atoms with Crippen molar-refractivity contribution in [2.45, 2.75) is 32.7 Å². The van der Waals surface area contributed by atoms with Crippen LogP contribution in [0.3, 0.4) is 0 Å². The maximum absolute atomic E-state index is 5.86. The molecule has 0 aliphatic carbocycles. The monoisotopic (exact) mass is 439 g/mol. The van der Waals surface area contributed by atoms with Gasteiger partial charge in [0.25, 0.3) is 0 Å². The van der Waals surface area contributed by atoms with Crippen molar-refractivity contribution in [2.75, 3.05) is 26.8 Å². The number of halogens is 2. The molecule has 2 N–H and O–H groups in total. The Hall–Kier alpha value is -0.530. The van der Waals surface area contributed by atoms with E-state index in [2.05, 4.69) is 22.5 Å². The second kappa shape index (κ2) is 14.1. The molecule has 0 amide bonds. The lowest BCUT2D eigenvalue weighted by molar-refractivity contribution is 0.129. The zero-order valence-electron chi connectivity index (χ0n) is 13.4. The average molecular weight is 440 g/mol. The van der Waals surface area contributed by atoms with E-state index in [-0.39, 0.29) is 24.0 Å². The molecule has 6 heteroatoms. The first-order valence-corrected chi connectivity index (χ1v) is 7.90. The third kappa shape index (κ3) is 10.2. The quantitative estimate of drug-likeness (QED) is 0.266. The van der Waals surface area contributed by atoms with E-state index in [1.165, 1.54) is 12.0 Å². The van der Waals surface area contributed by atoms with Gasteiger partial charge in [-0.1, -0.05) is 37.1 Å². The van der Waals surface area contributed by atoms with E-state index < -0.39 is 0 Å². The van der Waals surface area contributed by atoms with Crippen LogP contribution in [0.15, 0.2) is 29.3 Å². The standard InChI is InChI=1S/C16H26ClN3O.HI/c1-3-4-11-21-12-5-10-19-16(18-2)20-13-14-6-8-15(17)9-7-14;/h6-9H,3-5,10-13H2,1-2H3,(H2,18,19,20);1H. The molecule has 0 radical (unpaired) electrons. The molecule has 4 nitrogen and oxygen atoms in total. The molecule has 1 aromatic carbocycles. The largest absolute Gasteiger partial charge is 0.381 e. The van der Waals surface area contributed by atoms with Crippen LogP contribution in [-0.4, -0.2) is 32.8 Å². The lowest BCUT2D eigenvalue weighted by Gasteiger charge is -2.12. The van der Waals surface area contributed by atoms with Crippen molar-refractivity contribution in [3.63, 3.8) is 0 Å². The minimum absolute atomic E-state index is 0. The zero-order chi connectivity index (χ0) is 15.3. The Kier molecular flexibility index (Phi) is 13.7. The Morgan fingerprint density at radius 1 is 1.14 bits per heavy atom. The number of rotatable bonds is 9. The number of hydrogen-bond donors (Lipinski definition) is 2. The van der Waals surface area contributed by atoms with Crippen LogP contribution < -0.4 is 10.6 Å². The van der Waals surface area contributed by atoms with E-state index in [1.807, 2.05) is 24.3 Å². The van der Waals surface area contributed by atoms with Crippen molar-refractivity contribution >= 4 is 41.5 Å². The lowest BCUT2D eigenvalue weighted by Crippen LogP contribution is -2.37. The maximum atomic E-state index is 5.86. The molecule has 0 saturated heterocycles. The summed E-state index contributed by atoms with van der Waals surface area (Å²) >= 11 is 5.86. The molecule has 0 bridgehead atoms. The molecule has 0 aliphatic heterocycles. The van der Waals surface area contributed by atoms with E-state index in [4.69, 9.17) is 16.3 Å². The third-order valence-corrected chi connectivity index (χ3v) is 3.25. The maximum Gasteiger partial charge on any atom is 0.191 e. The van der Waals surface area contributed by atoms with Gasteiger partial charge in [0, 0.05) is 38.4 Å². The first kappa shape index (κ1) is 21.5. The van der Waals surface area contributed by atoms with Gasteiger partial charge in [-0.15, -0.1) is 24.0 Å². The van der Waals surface area contributed by atoms with Crippen molar-refractivity contribution in [3.8, 4) is 0 Å². The van der Waals surface area contributed by atoms with Gasteiger partial charge >= 0.3 is 0 Å². The first-order chi connectivity index (χ1) is 10.3. The van der Waals surface area contributed by atoms with Gasteiger partial charge < -0.3 is 15.4 Å². The van der Waals surface area contributed by atoms with Gasteiger partial charge in [0.2, 0.25) is 0 Å². The summed E-state index contributed by atoms with van der Waals surface area (Å²) in [6.07, 6.45) is 3.29. The number of benzene rings is 1. The van der Waals surface area contributed by atoms with Crippen LogP contribution in [0.2, 0.25) is 5.02 Å². The van der Waals surface area contributed by atoms with Gasteiger partial charge in [-0.2, -0.15) is 0 Å². The number of hydrogen-bond acceptors (Lipinski definition) is 2. The fourth-order valence-electron chi connectivity index (χ4n) is 1.74. The molecule has 0 spiro atoms. The molecule has 0 saturated carbocycles. The molecular weight excluding hydrogens is 413 g/mol. The summed E-state index contributed by atoms with van der Waals surface area (Å²) in [6, 6.07) is 7.79. The van der Waals surface area contributed by atoms with Crippen LogP contribution in [0, 0.1) is 0 Å². The van der Waals surface area contributed by atoms with E-state index in [9.17, 15) is 0 Å². The molecule has 126 valence electrons. The second-order valence-electron chi connectivity index (χ2n) is 4.80. The molecule has 0 aliphatic rings. The predicted octanol–water partition coefficient (Wildman–Crippen LogP) is 3.83. The molecule has 1 aromatic rings. The van der Waals surface area contributed by atoms with Crippen LogP contribution >= 0.6 is 35.6 Å². The summed E-state index contributed by atoms with van der Waals surface area (Å²) in [5.74, 6) is 0.804. The van der Waals surface area contributed by atoms with Crippen molar-refractivity contribution in [1.29, 1.82) is 0 Å². The number of guanidine groups is 1. The van der Waals surface area contributed by atoms with Crippen LogP contribution in [0.25, 0.3) is 0 Å². The van der Waals surface area contributed by atoms with Crippen molar-refractivity contribution in [2.24, 2.45) is 4.99 Å². The summed E-state index contributed by atoms with van der Waals surface area (Å²) in [5.41, 5.74) is 1.17. The Balaban J connectivity index is 0.00000441. The third-order valence-electron chi connectivity index (χ3n) is 3.00. The molecule has 0 fully saturated rings. The highest BCUT2D eigenvalue weighted by molar-refractivity contribution is 14.0. The van der Waals surface area contributed by atoms with Gasteiger partial charge in [0.15, 0.2) is 5.96 Å². The molecule has 0 unspecified atom stereocenters. The molecule has 1 rings (SSSR count). The molecule has 0 atom stereocenters. The second-order valence-corrected chi connectivity index (χ2v) is 5.23. The van der Waals surface area contributed by atoms with E-state index >= 15 is 0 Å². The Morgan fingerprint density at radius 3 is 2.45 bits per heavy atom. The van der Waals surface area contributed by atoms with Crippen LogP contribution in [0.4, 0.5) is 0 Å². The van der Waals surface area contributed by atoms with Gasteiger partial charge in [-0.3, -0.25) is 4.99 Å². The minimum atomic E-state index is 0. The fourth-order valence-corrected chi connectivity index (χ4v) is 1.86. The number of nitrogens with zero attached hydrogens (tertiary/aromatic N) is 1. The predicted molar refractivity (Wildman–Crippen MR) is 105 cm³/mol. The fraction of sp³-hybridized carbons (Fsp3) is 0.562. The first-order valence-electron chi connectivity index (χ1n) is 7.53. The van der Waals surface area contributed by atoms with Gasteiger partial charge in [-0.05, 0) is 30.5 Å². The highest BCUT2D eigenvalue weighted by Crippen LogP contribution is 2.08. The highest BCUT2D eigenvalue weighted by Gasteiger charge is 1.98. The number of aliphatic imine (C=N–C) groups is 1. The summed E-state index contributed by atoms with van der Waals surface area (Å²) in [5, 5.41) is 7.30. The number of nitrogens with one attached hydrogen (secondary N) is 2. The number of unbranched alkanes of at least 4 members (excludes halogenated alkanes) is 1. The van der Waals surface area contributed by atoms with Crippen molar-refractivity contribution in [3.05, 3.63) is 34.9 Å². The summed E-state index contributed by atoms with van der Waals surface area (Å²) in [7, 11) is 1.77. The smallest absolute Gasteiger partial charge is 0.191 e. The van der Waals surface area contributed by atoms with Gasteiger partial charge in [-0.25, -0.2) is 0 Å². The Bertz CT molecular complexity index is 412. The number of ether oxygens (including phenoxy) is 1. The summed E-state index contributed by atoms with van der Waals surface area (Å²) < 4.78 is 5.52. The van der Waals surface area contributed by atoms with E-state index in [0.717, 1.165) is 50.1 Å². The topological polar surface area (TPSA) is 45.6 Å². The van der Waals surface area contributed by atoms with E-state index in [0.29, 0.717) is 0 Å². The molecular formula is C16H27ClIN3O. The molecule has 22 heavy (non-hydrogen) atoms. The van der Waals surface area contributed by atoms with Crippen molar-refractivity contribution in [1.82, 2.24) is 10.6 Å². The Morgan fingerprint density at radius 2 is 1.82 bits per heavy atom. The minimum Gasteiger partial charge on any atom is -0.381 e. The van der Waals surface area contributed by atoms with E-state index in [1.54, 1.807) is 7.05 Å². The normalized spacial score (nSPS) is 11.0. The Labute approximate surface area is 156 Å². The molecule has 0 heterocycles. The highest BCUT2D eigenvalue weighted by atomic mass is 127. The summed E-state index contributed by atoms with van der Waals surface area (Å²) in [4.78, 5) is 4.20. The van der Waals surface area contributed by atoms with Crippen LogP contribution in [0.1, 0.15) is 31.7 Å². The van der Waals surface area contributed by atoms with Crippen LogP contribution in [0.5, 0.6) is 0 Å². The lowest BCUT2D eigenvalue weighted by atomic mass is 10.2. The average Bonchev–Trinajstić information content (AvgIpc) is 2.51. The van der Waals surface area contributed by atoms with Gasteiger partial charge in [0.05, 0.1) is 0 Å². The van der Waals surface area contributed by atoms with Crippen LogP contribution in [-0.2, 0) is 11.3 Å². The zero-order valence-corrected chi connectivity index (χ0v) is 16.5. The molecule has 0 aromatic heterocycles. The van der Waals surface area contributed by atoms with Gasteiger partial charge in [0.1, 0.15) is 0 Å².